The van der Waals surface area contributed by atoms with E-state index in [-0.39, 0.29) is 17.3 Å². The lowest BCUT2D eigenvalue weighted by molar-refractivity contribution is 0.551. The summed E-state index contributed by atoms with van der Waals surface area (Å²) in [6.07, 6.45) is 1.79. The number of rotatable bonds is 2. The number of halogens is 1. The minimum atomic E-state index is -0.373. The fourth-order valence-corrected chi connectivity index (χ4v) is 2.08. The molecule has 0 amide bonds. The third-order valence-corrected chi connectivity index (χ3v) is 3.14. The van der Waals surface area contributed by atoms with Gasteiger partial charge in [0.25, 0.3) is 5.56 Å². The number of hydrogen-bond acceptors (Lipinski definition) is 3. The molecule has 1 aliphatic rings. The van der Waals surface area contributed by atoms with E-state index in [2.05, 4.69) is 20.9 Å². The fourth-order valence-electron chi connectivity index (χ4n) is 1.77. The van der Waals surface area contributed by atoms with Crippen LogP contribution in [0.25, 0.3) is 11.5 Å². The highest BCUT2D eigenvalue weighted by Crippen LogP contribution is 2.32. The van der Waals surface area contributed by atoms with Crippen LogP contribution in [0.15, 0.2) is 36.9 Å². The number of nitrogens with zero attached hydrogens (tertiary/aromatic N) is 1. The second-order valence-electron chi connectivity index (χ2n) is 4.03. The Bertz CT molecular complexity index is 647. The van der Waals surface area contributed by atoms with Gasteiger partial charge < -0.3 is 9.40 Å². The predicted molar refractivity (Wildman–Crippen MR) is 65.0 cm³/mol. The summed E-state index contributed by atoms with van der Waals surface area (Å²) < 4.78 is 7.11. The molecule has 0 atom stereocenters. The standard InChI is InChI=1S/C11H9BrN2O3/c12-9-4-3-8(17-9)7-5-10(15)14(6-1-2-6)11(16)13-7/h3-6H,1-2H2,(H,13,16). The molecule has 2 aromatic rings. The fraction of sp³-hybridized carbons (Fsp3) is 0.273. The topological polar surface area (TPSA) is 68.0 Å². The molecule has 0 saturated heterocycles. The first-order chi connectivity index (χ1) is 8.15. The van der Waals surface area contributed by atoms with Gasteiger partial charge in [-0.05, 0) is 40.9 Å². The van der Waals surface area contributed by atoms with Gasteiger partial charge in [0.2, 0.25) is 0 Å². The first-order valence-corrected chi connectivity index (χ1v) is 6.06. The number of hydrogen-bond donors (Lipinski definition) is 1. The molecular formula is C11H9BrN2O3. The zero-order valence-corrected chi connectivity index (χ0v) is 10.4. The molecule has 5 nitrogen and oxygen atoms in total. The second-order valence-corrected chi connectivity index (χ2v) is 4.81. The summed E-state index contributed by atoms with van der Waals surface area (Å²) >= 11 is 3.17. The van der Waals surface area contributed by atoms with Crippen LogP contribution in [0.5, 0.6) is 0 Å². The maximum atomic E-state index is 11.8. The first kappa shape index (κ1) is 10.6. The Kier molecular flexibility index (Phi) is 2.32. The Morgan fingerprint density at radius 2 is 2.12 bits per heavy atom. The van der Waals surface area contributed by atoms with E-state index in [1.807, 2.05) is 0 Å². The summed E-state index contributed by atoms with van der Waals surface area (Å²) in [6.45, 7) is 0. The molecule has 6 heteroatoms. The molecule has 0 aromatic carbocycles. The van der Waals surface area contributed by atoms with E-state index in [9.17, 15) is 9.59 Å². The third kappa shape index (κ3) is 1.88. The van der Waals surface area contributed by atoms with Crippen molar-refractivity contribution in [3.63, 3.8) is 0 Å². The minimum Gasteiger partial charge on any atom is -0.448 e. The summed E-state index contributed by atoms with van der Waals surface area (Å²) in [5.74, 6) is 0.467. The molecule has 0 bridgehead atoms. The molecule has 88 valence electrons. The average Bonchev–Trinajstić information content (AvgIpc) is 2.99. The normalized spacial score (nSPS) is 15.1. The van der Waals surface area contributed by atoms with Gasteiger partial charge in [-0.3, -0.25) is 9.36 Å². The van der Waals surface area contributed by atoms with E-state index < -0.39 is 0 Å². The second kappa shape index (κ2) is 3.73. The number of nitrogens with one attached hydrogen (secondary N) is 1. The monoisotopic (exact) mass is 296 g/mol. The van der Waals surface area contributed by atoms with Crippen molar-refractivity contribution in [1.82, 2.24) is 9.55 Å². The van der Waals surface area contributed by atoms with Crippen molar-refractivity contribution in [3.05, 3.63) is 43.7 Å². The highest BCUT2D eigenvalue weighted by atomic mass is 79.9. The molecule has 1 aliphatic carbocycles. The molecule has 0 unspecified atom stereocenters. The quantitative estimate of drug-likeness (QED) is 0.920. The lowest BCUT2D eigenvalue weighted by atomic mass is 10.3. The number of aromatic nitrogens is 2. The van der Waals surface area contributed by atoms with Crippen molar-refractivity contribution < 1.29 is 4.42 Å². The van der Waals surface area contributed by atoms with Gasteiger partial charge in [-0.15, -0.1) is 0 Å². The van der Waals surface area contributed by atoms with Crippen molar-refractivity contribution in [1.29, 1.82) is 0 Å². The van der Waals surface area contributed by atoms with Crippen LogP contribution in [0.2, 0.25) is 0 Å². The Morgan fingerprint density at radius 3 is 2.65 bits per heavy atom. The van der Waals surface area contributed by atoms with Gasteiger partial charge in [0.1, 0.15) is 0 Å². The van der Waals surface area contributed by atoms with Crippen molar-refractivity contribution in [3.8, 4) is 11.5 Å². The van der Waals surface area contributed by atoms with Crippen molar-refractivity contribution >= 4 is 15.9 Å². The van der Waals surface area contributed by atoms with Crippen LogP contribution < -0.4 is 11.2 Å². The highest BCUT2D eigenvalue weighted by molar-refractivity contribution is 9.10. The Balaban J connectivity index is 2.14. The van der Waals surface area contributed by atoms with Gasteiger partial charge >= 0.3 is 5.69 Å². The summed E-state index contributed by atoms with van der Waals surface area (Å²) in [7, 11) is 0. The van der Waals surface area contributed by atoms with Crippen LogP contribution in [-0.2, 0) is 0 Å². The lowest BCUT2D eigenvalue weighted by Gasteiger charge is -2.02. The summed E-state index contributed by atoms with van der Waals surface area (Å²) in [5.41, 5.74) is -0.246. The van der Waals surface area contributed by atoms with E-state index >= 15 is 0 Å². The van der Waals surface area contributed by atoms with Gasteiger partial charge in [-0.1, -0.05) is 0 Å². The average molecular weight is 297 g/mol. The van der Waals surface area contributed by atoms with Crippen molar-refractivity contribution in [2.24, 2.45) is 0 Å². The minimum absolute atomic E-state index is 0.0728. The SMILES string of the molecule is O=c1cc(-c2ccc(Br)o2)[nH]c(=O)n1C1CC1. The zero-order valence-electron chi connectivity index (χ0n) is 8.77. The molecule has 3 rings (SSSR count). The molecule has 0 aliphatic heterocycles. The number of H-pyrrole nitrogens is 1. The molecule has 0 radical (unpaired) electrons. The third-order valence-electron chi connectivity index (χ3n) is 2.72. The van der Waals surface area contributed by atoms with E-state index in [0.29, 0.717) is 16.1 Å². The predicted octanol–water partition coefficient (Wildman–Crippen LogP) is 1.89. The van der Waals surface area contributed by atoms with E-state index in [1.54, 1.807) is 12.1 Å². The molecule has 1 N–H and O–H groups in total. The van der Waals surface area contributed by atoms with Crippen LogP contribution >= 0.6 is 15.9 Å². The Hall–Kier alpha value is -1.56. The number of furan rings is 1. The van der Waals surface area contributed by atoms with Gasteiger partial charge in [0, 0.05) is 12.1 Å². The largest absolute Gasteiger partial charge is 0.448 e. The highest BCUT2D eigenvalue weighted by Gasteiger charge is 2.27. The number of aromatic amines is 1. The van der Waals surface area contributed by atoms with Crippen LogP contribution in [0.4, 0.5) is 0 Å². The maximum Gasteiger partial charge on any atom is 0.329 e. The molecule has 17 heavy (non-hydrogen) atoms. The van der Waals surface area contributed by atoms with Gasteiger partial charge in [0.05, 0.1) is 5.69 Å². The van der Waals surface area contributed by atoms with Crippen LogP contribution in [-0.4, -0.2) is 9.55 Å². The zero-order chi connectivity index (χ0) is 12.0. The molecule has 2 heterocycles. The lowest BCUT2D eigenvalue weighted by Crippen LogP contribution is -2.34. The van der Waals surface area contributed by atoms with Crippen molar-refractivity contribution in [2.45, 2.75) is 18.9 Å². The van der Waals surface area contributed by atoms with Crippen LogP contribution in [0, 0.1) is 0 Å². The summed E-state index contributed by atoms with van der Waals surface area (Å²) in [4.78, 5) is 26.2. The summed E-state index contributed by atoms with van der Waals surface area (Å²) in [6, 6.07) is 4.87. The smallest absolute Gasteiger partial charge is 0.329 e. The van der Waals surface area contributed by atoms with Crippen LogP contribution in [0.1, 0.15) is 18.9 Å². The molecule has 0 spiro atoms. The van der Waals surface area contributed by atoms with E-state index in [1.165, 1.54) is 10.6 Å². The van der Waals surface area contributed by atoms with Crippen molar-refractivity contribution in [2.75, 3.05) is 0 Å². The molecular weight excluding hydrogens is 288 g/mol. The van der Waals surface area contributed by atoms with Crippen LogP contribution in [0.3, 0.4) is 0 Å². The Labute approximate surface area is 104 Å². The van der Waals surface area contributed by atoms with E-state index in [0.717, 1.165) is 12.8 Å². The molecule has 1 fully saturated rings. The maximum absolute atomic E-state index is 11.8. The van der Waals surface area contributed by atoms with Gasteiger partial charge in [-0.25, -0.2) is 4.79 Å². The van der Waals surface area contributed by atoms with E-state index in [4.69, 9.17) is 4.42 Å². The summed E-state index contributed by atoms with van der Waals surface area (Å²) in [5, 5.41) is 0. The molecule has 2 aromatic heterocycles. The Morgan fingerprint density at radius 1 is 1.35 bits per heavy atom. The first-order valence-electron chi connectivity index (χ1n) is 5.27. The molecule has 1 saturated carbocycles. The van der Waals surface area contributed by atoms with Gasteiger partial charge in [0.15, 0.2) is 10.4 Å². The van der Waals surface area contributed by atoms with Gasteiger partial charge in [-0.2, -0.15) is 0 Å².